The number of halogens is 3. The van der Waals surface area contributed by atoms with E-state index in [4.69, 9.17) is 0 Å². The molecule has 1 aliphatic carbocycles. The number of hydrogen-bond acceptors (Lipinski definition) is 5. The molecule has 0 aromatic carbocycles. The third kappa shape index (κ3) is 5.00. The molecule has 0 radical (unpaired) electrons. The van der Waals surface area contributed by atoms with Crippen molar-refractivity contribution in [1.29, 1.82) is 0 Å². The Labute approximate surface area is 178 Å². The molecule has 170 valence electrons. The van der Waals surface area contributed by atoms with E-state index >= 15 is 0 Å². The number of alkyl halides is 3. The molecule has 1 amide bonds. The minimum atomic E-state index is -4.25. The summed E-state index contributed by atoms with van der Waals surface area (Å²) in [7, 11) is 0. The minimum Gasteiger partial charge on any atom is -0.338 e. The zero-order valence-corrected chi connectivity index (χ0v) is 17.4. The van der Waals surface area contributed by atoms with Crippen LogP contribution in [0.25, 0.3) is 0 Å². The highest BCUT2D eigenvalue weighted by Gasteiger charge is 2.46. The maximum Gasteiger partial charge on any atom is 0.389 e. The first-order valence-electron chi connectivity index (χ1n) is 10.5. The molecule has 2 aliphatic heterocycles. The number of nitrogens with one attached hydrogen (secondary N) is 2. The van der Waals surface area contributed by atoms with E-state index in [1.807, 2.05) is 0 Å². The molecule has 3 aliphatic rings. The molecule has 0 aromatic heterocycles. The molecule has 1 saturated carbocycles. The number of hydrazine groups is 1. The monoisotopic (exact) mass is 440 g/mol. The number of allylic oxidation sites excluding steroid dienone is 3. The number of carbonyl (C=O) groups is 1. The predicted molar refractivity (Wildman–Crippen MR) is 108 cm³/mol. The third-order valence-corrected chi connectivity index (χ3v) is 5.92. The quantitative estimate of drug-likeness (QED) is 0.347. The van der Waals surface area contributed by atoms with Crippen molar-refractivity contribution in [2.24, 2.45) is 5.92 Å². The highest BCUT2D eigenvalue weighted by Crippen LogP contribution is 2.38. The van der Waals surface area contributed by atoms with Gasteiger partial charge < -0.3 is 5.32 Å². The molecule has 7 nitrogen and oxygen atoms in total. The Hall–Kier alpha value is -2.62. The fourth-order valence-corrected chi connectivity index (χ4v) is 4.56. The van der Waals surface area contributed by atoms with E-state index in [-0.39, 0.29) is 18.8 Å². The van der Waals surface area contributed by atoms with Gasteiger partial charge in [-0.15, -0.1) is 0 Å². The van der Waals surface area contributed by atoms with Crippen LogP contribution in [0.5, 0.6) is 0 Å². The third-order valence-electron chi connectivity index (χ3n) is 5.92. The van der Waals surface area contributed by atoms with Crippen LogP contribution in [-0.2, 0) is 4.79 Å². The molecule has 0 spiro atoms. The van der Waals surface area contributed by atoms with E-state index in [1.54, 1.807) is 13.0 Å². The number of nitro groups is 1. The largest absolute Gasteiger partial charge is 0.389 e. The van der Waals surface area contributed by atoms with Gasteiger partial charge in [-0.3, -0.25) is 14.9 Å². The lowest BCUT2D eigenvalue weighted by Gasteiger charge is -2.32. The summed E-state index contributed by atoms with van der Waals surface area (Å²) in [5, 5.41) is 16.0. The highest BCUT2D eigenvalue weighted by molar-refractivity contribution is 5.94. The van der Waals surface area contributed by atoms with Gasteiger partial charge in [-0.1, -0.05) is 38.0 Å². The Morgan fingerprint density at radius 2 is 2.00 bits per heavy atom. The van der Waals surface area contributed by atoms with Crippen LogP contribution >= 0.6 is 0 Å². The van der Waals surface area contributed by atoms with Crippen molar-refractivity contribution in [2.75, 3.05) is 0 Å². The van der Waals surface area contributed by atoms with Crippen molar-refractivity contribution in [2.45, 2.75) is 70.5 Å². The fraction of sp³-hybridized carbons (Fsp3) is 0.571. The van der Waals surface area contributed by atoms with Gasteiger partial charge in [0.25, 0.3) is 0 Å². The molecule has 10 heteroatoms. The predicted octanol–water partition coefficient (Wildman–Crippen LogP) is 4.45. The van der Waals surface area contributed by atoms with Crippen LogP contribution in [0, 0.1) is 16.0 Å². The van der Waals surface area contributed by atoms with Crippen LogP contribution in [-0.4, -0.2) is 28.1 Å². The molecular weight excluding hydrogens is 413 g/mol. The molecule has 1 fully saturated rings. The van der Waals surface area contributed by atoms with E-state index < -0.39 is 35.2 Å². The van der Waals surface area contributed by atoms with Crippen molar-refractivity contribution in [3.8, 4) is 0 Å². The van der Waals surface area contributed by atoms with E-state index in [2.05, 4.69) is 17.3 Å². The average Bonchev–Trinajstić information content (AvgIpc) is 3.03. The van der Waals surface area contributed by atoms with E-state index in [0.717, 1.165) is 37.1 Å². The molecule has 1 unspecified atom stereocenters. The first-order chi connectivity index (χ1) is 14.6. The summed E-state index contributed by atoms with van der Waals surface area (Å²) in [5.41, 5.74) is 4.01. The summed E-state index contributed by atoms with van der Waals surface area (Å²) in [5.74, 6) is -0.514. The second-order valence-electron chi connectivity index (χ2n) is 8.13. The van der Waals surface area contributed by atoms with Crippen LogP contribution in [0.3, 0.4) is 0 Å². The Balaban J connectivity index is 1.99. The van der Waals surface area contributed by atoms with Crippen molar-refractivity contribution < 1.29 is 22.9 Å². The first-order valence-corrected chi connectivity index (χ1v) is 10.5. The second kappa shape index (κ2) is 9.25. The zero-order valence-electron chi connectivity index (χ0n) is 17.4. The number of carbonyl (C=O) groups excluding carboxylic acids is 1. The van der Waals surface area contributed by atoms with Gasteiger partial charge in [0, 0.05) is 17.9 Å². The number of amides is 1. The molecule has 3 rings (SSSR count). The van der Waals surface area contributed by atoms with Gasteiger partial charge in [0.05, 0.1) is 11.0 Å². The van der Waals surface area contributed by atoms with Gasteiger partial charge in [0.1, 0.15) is 11.5 Å². The highest BCUT2D eigenvalue weighted by atomic mass is 19.4. The Bertz CT molecular complexity index is 854. The van der Waals surface area contributed by atoms with E-state index in [9.17, 15) is 28.1 Å². The molecule has 31 heavy (non-hydrogen) atoms. The standard InChI is InChI=1S/C21H27F3N4O3/c1-3-8-14(11-7-12-21(22,23)24)16-13(2)26-27-19(16)25-17(15-9-5-4-6-10-15)18(20(27)29)28(30)31/h3,8,13,15,25-26H,1,4-7,9-12H2,2H3/b14-8+. The van der Waals surface area contributed by atoms with Gasteiger partial charge >= 0.3 is 17.8 Å². The summed E-state index contributed by atoms with van der Waals surface area (Å²) in [6.45, 7) is 5.42. The van der Waals surface area contributed by atoms with Gasteiger partial charge in [0.15, 0.2) is 0 Å². The van der Waals surface area contributed by atoms with Gasteiger partial charge in [0.2, 0.25) is 0 Å². The van der Waals surface area contributed by atoms with Crippen molar-refractivity contribution in [1.82, 2.24) is 15.8 Å². The normalized spacial score (nSPS) is 23.2. The number of fused-ring (bicyclic) bond motifs is 1. The maximum atomic E-state index is 13.0. The first kappa shape index (κ1) is 23.1. The molecule has 2 N–H and O–H groups in total. The van der Waals surface area contributed by atoms with Gasteiger partial charge in [-0.25, -0.2) is 10.4 Å². The van der Waals surface area contributed by atoms with Gasteiger partial charge in [-0.05, 0) is 38.2 Å². The minimum absolute atomic E-state index is 0.105. The van der Waals surface area contributed by atoms with Crippen molar-refractivity contribution >= 4 is 5.91 Å². The summed E-state index contributed by atoms with van der Waals surface area (Å²) in [6, 6.07) is -0.415. The topological polar surface area (TPSA) is 87.5 Å². The summed E-state index contributed by atoms with van der Waals surface area (Å²) in [6.07, 6.45) is 2.42. The molecule has 2 heterocycles. The smallest absolute Gasteiger partial charge is 0.338 e. The zero-order chi connectivity index (χ0) is 22.8. The summed E-state index contributed by atoms with van der Waals surface area (Å²) >= 11 is 0. The molecule has 1 atom stereocenters. The number of rotatable bonds is 7. The van der Waals surface area contributed by atoms with Crippen LogP contribution in [0.1, 0.15) is 58.3 Å². The molecule has 0 aromatic rings. The Morgan fingerprint density at radius 3 is 2.58 bits per heavy atom. The Kier molecular flexibility index (Phi) is 6.88. The number of nitrogens with zero attached hydrogens (tertiary/aromatic N) is 2. The van der Waals surface area contributed by atoms with Crippen molar-refractivity contribution in [3.63, 3.8) is 0 Å². The lowest BCUT2D eigenvalue weighted by atomic mass is 9.85. The van der Waals surface area contributed by atoms with Crippen LogP contribution in [0.4, 0.5) is 13.2 Å². The molecule has 0 bridgehead atoms. The average molecular weight is 440 g/mol. The lowest BCUT2D eigenvalue weighted by Crippen LogP contribution is -2.50. The van der Waals surface area contributed by atoms with Crippen LogP contribution in [0.15, 0.2) is 47.1 Å². The lowest BCUT2D eigenvalue weighted by molar-refractivity contribution is -0.422. The number of hydrogen-bond donors (Lipinski definition) is 2. The summed E-state index contributed by atoms with van der Waals surface area (Å²) in [4.78, 5) is 24.1. The fourth-order valence-electron chi connectivity index (χ4n) is 4.56. The molecular formula is C21H27F3N4O3. The molecule has 0 saturated heterocycles. The van der Waals surface area contributed by atoms with E-state index in [0.29, 0.717) is 22.7 Å². The van der Waals surface area contributed by atoms with Crippen molar-refractivity contribution in [3.05, 3.63) is 57.2 Å². The maximum absolute atomic E-state index is 13.0. The summed E-state index contributed by atoms with van der Waals surface area (Å²) < 4.78 is 37.9. The Morgan fingerprint density at radius 1 is 1.32 bits per heavy atom. The van der Waals surface area contributed by atoms with Crippen LogP contribution < -0.4 is 10.7 Å². The van der Waals surface area contributed by atoms with Gasteiger partial charge in [-0.2, -0.15) is 13.2 Å². The van der Waals surface area contributed by atoms with E-state index in [1.165, 1.54) is 6.08 Å². The second-order valence-corrected chi connectivity index (χ2v) is 8.13. The SMILES string of the molecule is C=C/C=C(\CCCC(F)(F)F)C1=C2NC(C3CCCCC3)=C([N+](=O)[O-])C(=O)N2NC1C. The van der Waals surface area contributed by atoms with Crippen LogP contribution in [0.2, 0.25) is 0 Å².